The first kappa shape index (κ1) is 17.6. The van der Waals surface area contributed by atoms with Crippen LogP contribution in [0, 0.1) is 19.7 Å². The monoisotopic (exact) mass is 388 g/mol. The predicted octanol–water partition coefficient (Wildman–Crippen LogP) is 4.17. The summed E-state index contributed by atoms with van der Waals surface area (Å²) in [6.07, 6.45) is 0. The van der Waals surface area contributed by atoms with Crippen molar-refractivity contribution in [3.63, 3.8) is 0 Å². The third-order valence-electron chi connectivity index (χ3n) is 4.57. The molecule has 140 valence electrons. The normalized spacial score (nSPS) is 13.1. The fourth-order valence-corrected chi connectivity index (χ4v) is 3.31. The molecule has 0 fully saturated rings. The van der Waals surface area contributed by atoms with E-state index in [1.165, 1.54) is 13.2 Å². The lowest BCUT2D eigenvalue weighted by Crippen LogP contribution is -2.28. The van der Waals surface area contributed by atoms with Gasteiger partial charge in [0.1, 0.15) is 6.67 Å². The number of furan rings is 1. The first-order chi connectivity index (χ1) is 13.0. The van der Waals surface area contributed by atoms with Crippen LogP contribution in [0.2, 0.25) is 5.02 Å². The number of amidine groups is 1. The van der Waals surface area contributed by atoms with E-state index in [2.05, 4.69) is 20.6 Å². The zero-order valence-electron chi connectivity index (χ0n) is 15.1. The Balaban J connectivity index is 1.65. The molecule has 8 heteroatoms. The average Bonchev–Trinajstić information content (AvgIpc) is 3.03. The maximum absolute atomic E-state index is 13.9. The molecule has 0 radical (unpaired) electrons. The molecule has 3 aromatic rings. The summed E-state index contributed by atoms with van der Waals surface area (Å²) < 4.78 is 24.8. The molecule has 0 amide bonds. The van der Waals surface area contributed by atoms with E-state index in [9.17, 15) is 4.39 Å². The van der Waals surface area contributed by atoms with Crippen molar-refractivity contribution in [1.29, 1.82) is 0 Å². The van der Waals surface area contributed by atoms with Gasteiger partial charge in [0.2, 0.25) is 5.71 Å². The molecule has 0 atom stereocenters. The fraction of sp³-hybridized carbons (Fsp3) is 0.263. The third-order valence-corrected chi connectivity index (χ3v) is 5.12. The van der Waals surface area contributed by atoms with Crippen molar-refractivity contribution in [3.05, 3.63) is 51.6 Å². The predicted molar refractivity (Wildman–Crippen MR) is 103 cm³/mol. The number of pyridine rings is 1. The molecule has 0 aliphatic carbocycles. The Hall–Kier alpha value is -2.80. The molecule has 0 spiro atoms. The molecule has 3 heterocycles. The summed E-state index contributed by atoms with van der Waals surface area (Å²) in [7, 11) is 1.44. The number of aryl methyl sites for hydroxylation is 2. The molecule has 1 aromatic carbocycles. The minimum Gasteiger partial charge on any atom is -0.494 e. The molecular weight excluding hydrogens is 371 g/mol. The maximum Gasteiger partial charge on any atom is 0.229 e. The summed E-state index contributed by atoms with van der Waals surface area (Å²) in [5, 5.41) is 7.92. The van der Waals surface area contributed by atoms with Gasteiger partial charge in [0, 0.05) is 6.54 Å². The number of anilines is 1. The number of aromatic nitrogens is 1. The second-order valence-electron chi connectivity index (χ2n) is 6.29. The SMILES string of the molecule is COc1ccc(CNC2=NCNc3c2oc2nc(C)c(Cl)c(C)c32)cc1F. The summed E-state index contributed by atoms with van der Waals surface area (Å²) in [6.45, 7) is 4.57. The molecule has 0 saturated heterocycles. The summed E-state index contributed by atoms with van der Waals surface area (Å²) in [5.41, 5.74) is 3.72. The van der Waals surface area contributed by atoms with Gasteiger partial charge in [-0.15, -0.1) is 0 Å². The number of halogens is 2. The van der Waals surface area contributed by atoms with E-state index in [-0.39, 0.29) is 5.75 Å². The molecule has 4 rings (SSSR count). The molecule has 2 N–H and O–H groups in total. The van der Waals surface area contributed by atoms with Crippen molar-refractivity contribution in [3.8, 4) is 5.75 Å². The summed E-state index contributed by atoms with van der Waals surface area (Å²) >= 11 is 6.35. The van der Waals surface area contributed by atoms with Gasteiger partial charge in [0.05, 0.1) is 28.9 Å². The molecule has 6 nitrogen and oxygen atoms in total. The summed E-state index contributed by atoms with van der Waals surface area (Å²) in [4.78, 5) is 8.87. The quantitative estimate of drug-likeness (QED) is 0.704. The lowest BCUT2D eigenvalue weighted by molar-refractivity contribution is 0.386. The molecule has 27 heavy (non-hydrogen) atoms. The standard InChI is InChI=1S/C19H18ClFN4O2/c1-9-14-16-17(27-19(14)25-10(2)15(9)20)18(24-8-23-16)22-7-11-4-5-13(26-3)12(21)6-11/h4-6,23H,7-8H2,1-3H3,(H,22,24). The number of methoxy groups -OCH3 is 1. The number of fused-ring (bicyclic) bond motifs is 3. The molecule has 2 aromatic heterocycles. The molecule has 1 aliphatic rings. The number of hydrogen-bond donors (Lipinski definition) is 2. The maximum atomic E-state index is 13.9. The number of nitrogens with one attached hydrogen (secondary N) is 2. The van der Waals surface area contributed by atoms with Gasteiger partial charge < -0.3 is 19.8 Å². The Labute approximate surface area is 160 Å². The summed E-state index contributed by atoms with van der Waals surface area (Å²) in [5.74, 6) is 0.971. The Morgan fingerprint density at radius 1 is 1.37 bits per heavy atom. The van der Waals surface area contributed by atoms with Gasteiger partial charge in [0.25, 0.3) is 0 Å². The Morgan fingerprint density at radius 3 is 2.93 bits per heavy atom. The van der Waals surface area contributed by atoms with Crippen LogP contribution in [-0.4, -0.2) is 24.6 Å². The molecule has 1 aliphatic heterocycles. The Kier molecular flexibility index (Phi) is 4.39. The Bertz CT molecular complexity index is 1080. The number of aliphatic imine (C=N–C) groups is 1. The van der Waals surface area contributed by atoms with E-state index < -0.39 is 5.82 Å². The van der Waals surface area contributed by atoms with Gasteiger partial charge >= 0.3 is 0 Å². The van der Waals surface area contributed by atoms with Gasteiger partial charge in [-0.25, -0.2) is 14.4 Å². The topological polar surface area (TPSA) is 71.7 Å². The van der Waals surface area contributed by atoms with Gasteiger partial charge in [-0.2, -0.15) is 0 Å². The average molecular weight is 389 g/mol. The lowest BCUT2D eigenvalue weighted by atomic mass is 10.1. The van der Waals surface area contributed by atoms with Gasteiger partial charge in [0.15, 0.2) is 23.2 Å². The van der Waals surface area contributed by atoms with Crippen LogP contribution in [0.5, 0.6) is 5.75 Å². The minimum atomic E-state index is -0.404. The number of ether oxygens (including phenoxy) is 1. The molecule has 0 unspecified atom stereocenters. The Morgan fingerprint density at radius 2 is 2.19 bits per heavy atom. The van der Waals surface area contributed by atoms with Crippen molar-refractivity contribution < 1.29 is 13.5 Å². The molecule has 0 saturated carbocycles. The van der Waals surface area contributed by atoms with Crippen LogP contribution in [0.1, 0.15) is 22.6 Å². The number of hydrogen-bond acceptors (Lipinski definition) is 6. The lowest BCUT2D eigenvalue weighted by Gasteiger charge is -2.16. The third kappa shape index (κ3) is 2.98. The number of rotatable bonds is 3. The van der Waals surface area contributed by atoms with Crippen LogP contribution in [0.3, 0.4) is 0 Å². The molecule has 0 bridgehead atoms. The van der Waals surface area contributed by atoms with E-state index >= 15 is 0 Å². The highest BCUT2D eigenvalue weighted by Crippen LogP contribution is 2.37. The zero-order chi connectivity index (χ0) is 19.1. The smallest absolute Gasteiger partial charge is 0.229 e. The fourth-order valence-electron chi connectivity index (χ4n) is 3.17. The van der Waals surface area contributed by atoms with Gasteiger partial charge in [-0.05, 0) is 37.1 Å². The zero-order valence-corrected chi connectivity index (χ0v) is 15.9. The van der Waals surface area contributed by atoms with Crippen molar-refractivity contribution >= 4 is 34.2 Å². The van der Waals surface area contributed by atoms with Crippen molar-refractivity contribution in [2.75, 3.05) is 19.1 Å². The minimum absolute atomic E-state index is 0.214. The van der Waals surface area contributed by atoms with Crippen LogP contribution in [0.15, 0.2) is 27.6 Å². The summed E-state index contributed by atoms with van der Waals surface area (Å²) in [6, 6.07) is 4.83. The number of nitrogens with zero attached hydrogens (tertiary/aromatic N) is 2. The highest BCUT2D eigenvalue weighted by Gasteiger charge is 2.25. The van der Waals surface area contributed by atoms with E-state index in [1.807, 2.05) is 13.8 Å². The second-order valence-corrected chi connectivity index (χ2v) is 6.66. The van der Waals surface area contributed by atoms with Gasteiger partial charge in [-0.3, -0.25) is 0 Å². The number of benzene rings is 1. The highest BCUT2D eigenvalue weighted by atomic mass is 35.5. The van der Waals surface area contributed by atoms with Crippen LogP contribution in [0.4, 0.5) is 10.1 Å². The van der Waals surface area contributed by atoms with Crippen LogP contribution >= 0.6 is 11.6 Å². The van der Waals surface area contributed by atoms with E-state index in [1.54, 1.807) is 12.1 Å². The second kappa shape index (κ2) is 6.74. The van der Waals surface area contributed by atoms with Crippen LogP contribution in [0.25, 0.3) is 11.1 Å². The largest absolute Gasteiger partial charge is 0.494 e. The van der Waals surface area contributed by atoms with E-state index in [0.29, 0.717) is 41.2 Å². The van der Waals surface area contributed by atoms with Crippen molar-refractivity contribution in [2.24, 2.45) is 4.99 Å². The van der Waals surface area contributed by atoms with Crippen molar-refractivity contribution in [2.45, 2.75) is 20.4 Å². The van der Waals surface area contributed by atoms with Crippen LogP contribution < -0.4 is 15.4 Å². The highest BCUT2D eigenvalue weighted by molar-refractivity contribution is 6.33. The first-order valence-corrected chi connectivity index (χ1v) is 8.81. The molecular formula is C19H18ClFN4O2. The van der Waals surface area contributed by atoms with E-state index in [0.717, 1.165) is 22.2 Å². The van der Waals surface area contributed by atoms with Gasteiger partial charge in [-0.1, -0.05) is 17.7 Å². The first-order valence-electron chi connectivity index (χ1n) is 8.43. The van der Waals surface area contributed by atoms with Crippen LogP contribution in [-0.2, 0) is 6.54 Å². The van der Waals surface area contributed by atoms with E-state index in [4.69, 9.17) is 20.8 Å². The van der Waals surface area contributed by atoms with Crippen molar-refractivity contribution in [1.82, 2.24) is 10.3 Å².